The van der Waals surface area contributed by atoms with Crippen LogP contribution >= 0.6 is 23.1 Å². The molecule has 0 atom stereocenters. The summed E-state index contributed by atoms with van der Waals surface area (Å²) in [4.78, 5) is 29.1. The maximum absolute atomic E-state index is 13.6. The van der Waals surface area contributed by atoms with Crippen LogP contribution in [0.25, 0.3) is 10.2 Å². The van der Waals surface area contributed by atoms with Crippen molar-refractivity contribution in [2.45, 2.75) is 31.6 Å². The van der Waals surface area contributed by atoms with Crippen molar-refractivity contribution in [2.24, 2.45) is 0 Å². The normalized spacial score (nSPS) is 11.1. The number of amides is 1. The Morgan fingerprint density at radius 2 is 2.15 bits per heavy atom. The number of fused-ring (bicyclic) bond motifs is 1. The topological polar surface area (TPSA) is 64.0 Å². The van der Waals surface area contributed by atoms with Crippen molar-refractivity contribution in [3.05, 3.63) is 57.2 Å². The largest absolute Gasteiger partial charge is 0.351 e. The fourth-order valence-corrected chi connectivity index (χ4v) is 4.13. The van der Waals surface area contributed by atoms with Crippen molar-refractivity contribution in [3.63, 3.8) is 0 Å². The van der Waals surface area contributed by atoms with E-state index in [0.29, 0.717) is 21.9 Å². The number of aromatic nitrogens is 2. The predicted octanol–water partition coefficient (Wildman–Crippen LogP) is 3.55. The van der Waals surface area contributed by atoms with Crippen molar-refractivity contribution < 1.29 is 13.6 Å². The van der Waals surface area contributed by atoms with Gasteiger partial charge >= 0.3 is 0 Å². The second-order valence-electron chi connectivity index (χ2n) is 5.79. The number of thiophene rings is 1. The highest BCUT2D eigenvalue weighted by atomic mass is 32.2. The summed E-state index contributed by atoms with van der Waals surface area (Å²) in [7, 11) is 0. The van der Waals surface area contributed by atoms with Gasteiger partial charge in [0.05, 0.1) is 11.3 Å². The van der Waals surface area contributed by atoms with Crippen molar-refractivity contribution in [1.82, 2.24) is 14.9 Å². The molecule has 142 valence electrons. The lowest BCUT2D eigenvalue weighted by atomic mass is 10.2. The summed E-state index contributed by atoms with van der Waals surface area (Å²) >= 11 is 2.51. The molecule has 0 aliphatic carbocycles. The second-order valence-corrected chi connectivity index (χ2v) is 7.65. The van der Waals surface area contributed by atoms with Gasteiger partial charge in [0.15, 0.2) is 5.16 Å². The van der Waals surface area contributed by atoms with E-state index in [-0.39, 0.29) is 29.3 Å². The molecule has 1 aromatic carbocycles. The minimum atomic E-state index is -0.704. The first kappa shape index (κ1) is 19.5. The van der Waals surface area contributed by atoms with E-state index in [1.54, 1.807) is 10.6 Å². The highest BCUT2D eigenvalue weighted by Gasteiger charge is 2.14. The molecule has 0 radical (unpaired) electrons. The Bertz CT molecular complexity index is 1030. The average Bonchev–Trinajstić information content (AvgIpc) is 3.10. The van der Waals surface area contributed by atoms with Crippen LogP contribution in [-0.4, -0.2) is 21.2 Å². The predicted molar refractivity (Wildman–Crippen MR) is 103 cm³/mol. The lowest BCUT2D eigenvalue weighted by Gasteiger charge is -2.11. The molecule has 3 rings (SSSR count). The van der Waals surface area contributed by atoms with Gasteiger partial charge in [-0.2, -0.15) is 0 Å². The van der Waals surface area contributed by atoms with E-state index in [1.807, 2.05) is 12.3 Å². The van der Waals surface area contributed by atoms with Gasteiger partial charge in [-0.15, -0.1) is 11.3 Å². The Labute approximate surface area is 162 Å². The molecular formula is C18H17F2N3O2S2. The number of rotatable bonds is 7. The van der Waals surface area contributed by atoms with E-state index in [9.17, 15) is 18.4 Å². The smallest absolute Gasteiger partial charge is 0.272 e. The summed E-state index contributed by atoms with van der Waals surface area (Å²) in [6, 6.07) is 4.99. The van der Waals surface area contributed by atoms with E-state index in [4.69, 9.17) is 0 Å². The molecule has 5 nitrogen and oxygen atoms in total. The number of hydrogen-bond acceptors (Lipinski definition) is 5. The van der Waals surface area contributed by atoms with Gasteiger partial charge in [-0.05, 0) is 23.9 Å². The molecule has 9 heteroatoms. The summed E-state index contributed by atoms with van der Waals surface area (Å²) in [5, 5.41) is 4.89. The van der Waals surface area contributed by atoms with Crippen LogP contribution < -0.4 is 10.9 Å². The van der Waals surface area contributed by atoms with E-state index in [2.05, 4.69) is 10.3 Å². The van der Waals surface area contributed by atoms with Gasteiger partial charge in [0.25, 0.3) is 5.56 Å². The number of thioether (sulfide) groups is 1. The third kappa shape index (κ3) is 4.54. The molecule has 0 aliphatic rings. The summed E-state index contributed by atoms with van der Waals surface area (Å²) < 4.78 is 28.7. The first-order valence-electron chi connectivity index (χ1n) is 8.31. The maximum Gasteiger partial charge on any atom is 0.272 e. The summed E-state index contributed by atoms with van der Waals surface area (Å²) in [6.07, 6.45) is 0.766. The fraction of sp³-hybridized carbons (Fsp3) is 0.278. The molecule has 0 saturated heterocycles. The zero-order valence-electron chi connectivity index (χ0n) is 14.5. The first-order valence-corrected chi connectivity index (χ1v) is 10.2. The van der Waals surface area contributed by atoms with Crippen LogP contribution in [0.15, 0.2) is 39.6 Å². The minimum absolute atomic E-state index is 0.0363. The van der Waals surface area contributed by atoms with Crippen molar-refractivity contribution in [3.8, 4) is 0 Å². The molecule has 0 spiro atoms. The Morgan fingerprint density at radius 1 is 1.33 bits per heavy atom. The van der Waals surface area contributed by atoms with Crippen LogP contribution in [-0.2, 0) is 17.9 Å². The third-order valence-corrected chi connectivity index (χ3v) is 5.67. The van der Waals surface area contributed by atoms with Gasteiger partial charge in [0.2, 0.25) is 5.91 Å². The van der Waals surface area contributed by atoms with E-state index in [0.717, 1.165) is 30.3 Å². The van der Waals surface area contributed by atoms with Crippen molar-refractivity contribution in [1.29, 1.82) is 0 Å². The number of nitrogens with zero attached hydrogens (tertiary/aromatic N) is 2. The van der Waals surface area contributed by atoms with Gasteiger partial charge in [0.1, 0.15) is 16.3 Å². The number of halogens is 2. The summed E-state index contributed by atoms with van der Waals surface area (Å²) in [5.41, 5.74) is 0.720. The second kappa shape index (κ2) is 8.62. The zero-order valence-corrected chi connectivity index (χ0v) is 16.1. The summed E-state index contributed by atoms with van der Waals surface area (Å²) in [6.45, 7) is 2.44. The van der Waals surface area contributed by atoms with Crippen molar-refractivity contribution in [2.75, 3.05) is 5.75 Å². The number of benzene rings is 1. The van der Waals surface area contributed by atoms with Crippen LogP contribution in [0.1, 0.15) is 18.9 Å². The molecule has 1 N–H and O–H groups in total. The number of nitrogens with one attached hydrogen (secondary N) is 1. The van der Waals surface area contributed by atoms with Gasteiger partial charge in [-0.1, -0.05) is 24.8 Å². The molecule has 0 saturated carbocycles. The van der Waals surface area contributed by atoms with Gasteiger partial charge in [0, 0.05) is 24.7 Å². The standard InChI is InChI=1S/C18H17F2N3O2S2/c1-2-6-23-17(25)16-14(5-7-26-16)22-18(23)27-10-15(24)21-9-11-3-4-12(19)8-13(11)20/h3-5,7-8H,2,6,9-10H2,1H3,(H,21,24). The SMILES string of the molecule is CCCn1c(SCC(=O)NCc2ccc(F)cc2F)nc2ccsc2c1=O. The fourth-order valence-electron chi connectivity index (χ4n) is 2.49. The molecule has 1 amide bonds. The molecule has 0 aliphatic heterocycles. The Balaban J connectivity index is 1.67. The van der Waals surface area contributed by atoms with Crippen LogP contribution in [0.4, 0.5) is 8.78 Å². The van der Waals surface area contributed by atoms with Crippen LogP contribution in [0, 0.1) is 11.6 Å². The Morgan fingerprint density at radius 3 is 2.89 bits per heavy atom. The maximum atomic E-state index is 13.6. The number of carbonyl (C=O) groups excluding carboxylic acids is 1. The third-order valence-electron chi connectivity index (χ3n) is 3.80. The van der Waals surface area contributed by atoms with Gasteiger partial charge in [-0.25, -0.2) is 13.8 Å². The molecule has 2 heterocycles. The molecule has 3 aromatic rings. The zero-order chi connectivity index (χ0) is 19.4. The van der Waals surface area contributed by atoms with Crippen LogP contribution in [0.3, 0.4) is 0 Å². The quantitative estimate of drug-likeness (QED) is 0.479. The lowest BCUT2D eigenvalue weighted by molar-refractivity contribution is -0.118. The molecule has 2 aromatic heterocycles. The van der Waals surface area contributed by atoms with E-state index >= 15 is 0 Å². The lowest BCUT2D eigenvalue weighted by Crippen LogP contribution is -2.26. The van der Waals surface area contributed by atoms with Crippen LogP contribution in [0.2, 0.25) is 0 Å². The molecular weight excluding hydrogens is 392 g/mol. The highest BCUT2D eigenvalue weighted by molar-refractivity contribution is 7.99. The van der Waals surface area contributed by atoms with E-state index < -0.39 is 11.6 Å². The van der Waals surface area contributed by atoms with Crippen molar-refractivity contribution >= 4 is 39.2 Å². The molecule has 27 heavy (non-hydrogen) atoms. The number of hydrogen-bond donors (Lipinski definition) is 1. The van der Waals surface area contributed by atoms with E-state index in [1.165, 1.54) is 17.4 Å². The van der Waals surface area contributed by atoms with Gasteiger partial charge < -0.3 is 5.32 Å². The number of carbonyl (C=O) groups is 1. The Hall–Kier alpha value is -2.26. The first-order chi connectivity index (χ1) is 13.0. The monoisotopic (exact) mass is 409 g/mol. The van der Waals surface area contributed by atoms with Crippen LogP contribution in [0.5, 0.6) is 0 Å². The minimum Gasteiger partial charge on any atom is -0.351 e. The highest BCUT2D eigenvalue weighted by Crippen LogP contribution is 2.21. The molecule has 0 bridgehead atoms. The summed E-state index contributed by atoms with van der Waals surface area (Å²) in [5.74, 6) is -1.66. The molecule has 0 unspecified atom stereocenters. The molecule has 0 fully saturated rings. The average molecular weight is 409 g/mol. The Kier molecular flexibility index (Phi) is 6.22. The van der Waals surface area contributed by atoms with Gasteiger partial charge in [-0.3, -0.25) is 14.2 Å².